The van der Waals surface area contributed by atoms with E-state index in [4.69, 9.17) is 10.1 Å². The summed E-state index contributed by atoms with van der Waals surface area (Å²) in [6.07, 6.45) is 2.27. The Kier molecular flexibility index (Phi) is 4.28. The van der Waals surface area contributed by atoms with Gasteiger partial charge < -0.3 is 0 Å². The lowest BCUT2D eigenvalue weighted by Gasteiger charge is -2.14. The molecular weight excluding hydrogens is 302 g/mol. The molecule has 3 nitrogen and oxygen atoms in total. The van der Waals surface area contributed by atoms with E-state index < -0.39 is 0 Å². The van der Waals surface area contributed by atoms with Crippen molar-refractivity contribution in [1.29, 1.82) is 0 Å². The molecule has 0 aliphatic rings. The van der Waals surface area contributed by atoms with Crippen LogP contribution in [0, 0.1) is 27.7 Å². The van der Waals surface area contributed by atoms with Crippen LogP contribution in [0.25, 0.3) is 16.2 Å². The van der Waals surface area contributed by atoms with Crippen LogP contribution in [-0.4, -0.2) is 14.6 Å². The number of hydrogen-bond acceptors (Lipinski definition) is 3. The van der Waals surface area contributed by atoms with Crippen molar-refractivity contribution in [2.24, 2.45) is 0 Å². The minimum absolute atomic E-state index is 0.542. The van der Waals surface area contributed by atoms with Crippen LogP contribution in [0.1, 0.15) is 60.7 Å². The van der Waals surface area contributed by atoms with Gasteiger partial charge in [0.2, 0.25) is 0 Å². The molecule has 0 bridgehead atoms. The lowest BCUT2D eigenvalue weighted by molar-refractivity contribution is 0.638. The number of aryl methyl sites for hydroxylation is 3. The first-order valence-corrected chi connectivity index (χ1v) is 9.27. The van der Waals surface area contributed by atoms with E-state index in [9.17, 15) is 0 Å². The van der Waals surface area contributed by atoms with Crippen molar-refractivity contribution in [1.82, 2.24) is 14.6 Å². The van der Waals surface area contributed by atoms with Gasteiger partial charge in [0.05, 0.1) is 16.3 Å². The van der Waals surface area contributed by atoms with E-state index in [1.54, 1.807) is 11.3 Å². The fraction of sp³-hybridized carbons (Fsp3) is 0.474. The second kappa shape index (κ2) is 6.08. The molecule has 3 rings (SSSR count). The van der Waals surface area contributed by atoms with E-state index >= 15 is 0 Å². The maximum absolute atomic E-state index is 4.90. The van der Waals surface area contributed by atoms with Crippen molar-refractivity contribution in [3.8, 4) is 10.6 Å². The number of imidazole rings is 1. The Bertz CT molecular complexity index is 853. The highest BCUT2D eigenvalue weighted by Gasteiger charge is 2.21. The second-order valence-corrected chi connectivity index (χ2v) is 7.29. The smallest absolute Gasteiger partial charge is 0.158 e. The molecule has 0 spiro atoms. The summed E-state index contributed by atoms with van der Waals surface area (Å²) in [5, 5.41) is 7.02. The standard InChI is InChI=1S/C19H25N3S/c1-7-15(8-2)16-9-12(4)21-22-17(14(6)20-19(16)22)18-13(5)11(3)10-23-18/h9-10,15H,7-8H2,1-6H3. The van der Waals surface area contributed by atoms with Gasteiger partial charge in [-0.25, -0.2) is 9.50 Å². The van der Waals surface area contributed by atoms with Gasteiger partial charge in [-0.05, 0) is 69.0 Å². The van der Waals surface area contributed by atoms with Gasteiger partial charge >= 0.3 is 0 Å². The third-order valence-electron chi connectivity index (χ3n) is 4.84. The molecule has 3 aromatic rings. The van der Waals surface area contributed by atoms with Crippen molar-refractivity contribution < 1.29 is 0 Å². The van der Waals surface area contributed by atoms with Gasteiger partial charge in [0.15, 0.2) is 5.65 Å². The first-order chi connectivity index (χ1) is 11.0. The van der Waals surface area contributed by atoms with E-state index in [-0.39, 0.29) is 0 Å². The summed E-state index contributed by atoms with van der Waals surface area (Å²) in [4.78, 5) is 6.20. The molecule has 0 aliphatic heterocycles. The van der Waals surface area contributed by atoms with Crippen molar-refractivity contribution in [3.05, 3.63) is 39.5 Å². The molecule has 23 heavy (non-hydrogen) atoms. The second-order valence-electron chi connectivity index (χ2n) is 6.41. The Morgan fingerprint density at radius 3 is 2.39 bits per heavy atom. The molecule has 0 amide bonds. The van der Waals surface area contributed by atoms with E-state index in [2.05, 4.69) is 57.5 Å². The number of rotatable bonds is 4. The summed E-state index contributed by atoms with van der Waals surface area (Å²) < 4.78 is 2.08. The Labute approximate surface area is 142 Å². The SMILES string of the molecule is CCC(CC)c1cc(C)nn2c(-c3scc(C)c3C)c(C)nc12. The molecule has 0 aromatic carbocycles. The van der Waals surface area contributed by atoms with Crippen molar-refractivity contribution in [2.45, 2.75) is 60.3 Å². The molecule has 0 fully saturated rings. The molecule has 0 N–H and O–H groups in total. The Morgan fingerprint density at radius 2 is 1.83 bits per heavy atom. The number of fused-ring (bicyclic) bond motifs is 1. The minimum atomic E-state index is 0.542. The van der Waals surface area contributed by atoms with Gasteiger partial charge in [0, 0.05) is 5.56 Å². The average Bonchev–Trinajstić information content (AvgIpc) is 3.01. The molecule has 0 unspecified atom stereocenters. The first-order valence-electron chi connectivity index (χ1n) is 8.39. The summed E-state index contributed by atoms with van der Waals surface area (Å²) >= 11 is 1.79. The monoisotopic (exact) mass is 327 g/mol. The van der Waals surface area contributed by atoms with Crippen LogP contribution in [0.4, 0.5) is 0 Å². The predicted molar refractivity (Wildman–Crippen MR) is 98.6 cm³/mol. The highest BCUT2D eigenvalue weighted by molar-refractivity contribution is 7.13. The molecule has 3 heterocycles. The fourth-order valence-corrected chi connectivity index (χ4v) is 4.46. The molecule has 4 heteroatoms. The molecular formula is C19H25N3S. The zero-order chi connectivity index (χ0) is 16.7. The summed E-state index contributed by atoms with van der Waals surface area (Å²) in [6, 6.07) is 2.22. The zero-order valence-electron chi connectivity index (χ0n) is 14.9. The third-order valence-corrected chi connectivity index (χ3v) is 6.04. The van der Waals surface area contributed by atoms with Gasteiger partial charge in [0.25, 0.3) is 0 Å². The number of nitrogens with zero attached hydrogens (tertiary/aromatic N) is 3. The molecule has 122 valence electrons. The van der Waals surface area contributed by atoms with Crippen molar-refractivity contribution in [3.63, 3.8) is 0 Å². The lowest BCUT2D eigenvalue weighted by Crippen LogP contribution is -2.05. The summed E-state index contributed by atoms with van der Waals surface area (Å²) in [5.41, 5.74) is 8.33. The summed E-state index contributed by atoms with van der Waals surface area (Å²) in [7, 11) is 0. The molecule has 0 aliphatic carbocycles. The summed E-state index contributed by atoms with van der Waals surface area (Å²) in [5.74, 6) is 0.542. The molecule has 3 aromatic heterocycles. The van der Waals surface area contributed by atoms with E-state index in [1.807, 2.05) is 0 Å². The quantitative estimate of drug-likeness (QED) is 0.625. The molecule has 0 atom stereocenters. The fourth-order valence-electron chi connectivity index (χ4n) is 3.30. The van der Waals surface area contributed by atoms with Gasteiger partial charge in [-0.2, -0.15) is 5.10 Å². The first kappa shape index (κ1) is 16.2. The Balaban J connectivity index is 2.33. The van der Waals surface area contributed by atoms with Crippen LogP contribution in [0.5, 0.6) is 0 Å². The van der Waals surface area contributed by atoms with Gasteiger partial charge in [-0.1, -0.05) is 13.8 Å². The Hall–Kier alpha value is -1.68. The Morgan fingerprint density at radius 1 is 1.13 bits per heavy atom. The number of thiophene rings is 1. The maximum atomic E-state index is 4.90. The number of hydrogen-bond donors (Lipinski definition) is 0. The van der Waals surface area contributed by atoms with Crippen LogP contribution >= 0.6 is 11.3 Å². The maximum Gasteiger partial charge on any atom is 0.158 e. The van der Waals surface area contributed by atoms with Gasteiger partial charge in [-0.15, -0.1) is 11.3 Å². The minimum Gasteiger partial charge on any atom is -0.231 e. The molecule has 0 radical (unpaired) electrons. The van der Waals surface area contributed by atoms with Gasteiger partial charge in [0.1, 0.15) is 5.69 Å². The third kappa shape index (κ3) is 2.59. The number of aromatic nitrogens is 3. The highest BCUT2D eigenvalue weighted by atomic mass is 32.1. The van der Waals surface area contributed by atoms with E-state index in [1.165, 1.54) is 21.6 Å². The van der Waals surface area contributed by atoms with Crippen LogP contribution in [0.2, 0.25) is 0 Å². The zero-order valence-corrected chi connectivity index (χ0v) is 15.7. The summed E-state index contributed by atoms with van der Waals surface area (Å²) in [6.45, 7) is 13.1. The van der Waals surface area contributed by atoms with Crippen LogP contribution in [0.15, 0.2) is 11.4 Å². The predicted octanol–water partition coefficient (Wildman–Crippen LogP) is 5.60. The lowest BCUT2D eigenvalue weighted by atomic mass is 9.95. The van der Waals surface area contributed by atoms with Crippen LogP contribution in [-0.2, 0) is 0 Å². The van der Waals surface area contributed by atoms with Crippen LogP contribution < -0.4 is 0 Å². The normalized spacial score (nSPS) is 11.8. The topological polar surface area (TPSA) is 30.2 Å². The van der Waals surface area contributed by atoms with E-state index in [0.717, 1.165) is 35.6 Å². The van der Waals surface area contributed by atoms with Crippen molar-refractivity contribution >= 4 is 17.0 Å². The van der Waals surface area contributed by atoms with E-state index in [0.29, 0.717) is 5.92 Å². The van der Waals surface area contributed by atoms with Crippen LogP contribution in [0.3, 0.4) is 0 Å². The highest BCUT2D eigenvalue weighted by Crippen LogP contribution is 2.36. The largest absolute Gasteiger partial charge is 0.231 e. The van der Waals surface area contributed by atoms with Crippen molar-refractivity contribution in [2.75, 3.05) is 0 Å². The van der Waals surface area contributed by atoms with Gasteiger partial charge in [-0.3, -0.25) is 0 Å². The molecule has 0 saturated carbocycles. The average molecular weight is 327 g/mol. The molecule has 0 saturated heterocycles.